The van der Waals surface area contributed by atoms with E-state index in [1.165, 1.54) is 12.1 Å². The Morgan fingerprint density at radius 1 is 1.14 bits per heavy atom. The maximum Gasteiger partial charge on any atom is 0.255 e. The lowest BCUT2D eigenvalue weighted by molar-refractivity contribution is -0.0738. The first-order valence-electron chi connectivity index (χ1n) is 11.6. The number of aliphatic hydroxyl groups is 1. The van der Waals surface area contributed by atoms with Gasteiger partial charge >= 0.3 is 0 Å². The number of nitrogens with one attached hydrogen (secondary N) is 1. The van der Waals surface area contributed by atoms with Crippen LogP contribution in [0.4, 0.5) is 18.9 Å². The molecule has 37 heavy (non-hydrogen) atoms. The zero-order valence-electron chi connectivity index (χ0n) is 19.6. The van der Waals surface area contributed by atoms with Gasteiger partial charge in [0.15, 0.2) is 27.3 Å². The monoisotopic (exact) mass is 553 g/mol. The quantitative estimate of drug-likeness (QED) is 0.450. The highest BCUT2D eigenvalue weighted by molar-refractivity contribution is 7.92. The van der Waals surface area contributed by atoms with Gasteiger partial charge in [-0.1, -0.05) is 11.6 Å². The van der Waals surface area contributed by atoms with Gasteiger partial charge in [0.1, 0.15) is 11.4 Å². The minimum Gasteiger partial charge on any atom is -0.381 e. The summed E-state index contributed by atoms with van der Waals surface area (Å²) in [5, 5.41) is 12.9. The molecule has 12 heteroatoms. The largest absolute Gasteiger partial charge is 0.381 e. The van der Waals surface area contributed by atoms with Gasteiger partial charge in [0, 0.05) is 42.8 Å². The van der Waals surface area contributed by atoms with Gasteiger partial charge in [-0.15, -0.1) is 0 Å². The fourth-order valence-corrected chi connectivity index (χ4v) is 8.15. The summed E-state index contributed by atoms with van der Waals surface area (Å²) >= 11 is 6.26. The number of carbonyl (C=O) groups is 1. The van der Waals surface area contributed by atoms with Crippen molar-refractivity contribution in [3.8, 4) is 0 Å². The molecule has 2 bridgehead atoms. The van der Waals surface area contributed by atoms with E-state index in [2.05, 4.69) is 10.3 Å². The zero-order chi connectivity index (χ0) is 26.7. The van der Waals surface area contributed by atoms with Crippen LogP contribution < -0.4 is 5.32 Å². The second kappa shape index (κ2) is 9.14. The van der Waals surface area contributed by atoms with E-state index in [4.69, 9.17) is 11.6 Å². The minimum absolute atomic E-state index is 0.0762. The van der Waals surface area contributed by atoms with Crippen molar-refractivity contribution >= 4 is 33.0 Å². The van der Waals surface area contributed by atoms with Crippen molar-refractivity contribution in [2.45, 2.75) is 41.4 Å². The Bertz CT molecular complexity index is 1470. The Morgan fingerprint density at radius 2 is 1.76 bits per heavy atom. The lowest BCUT2D eigenvalue weighted by atomic mass is 9.73. The number of halogens is 4. The van der Waals surface area contributed by atoms with E-state index >= 15 is 0 Å². The number of sulfone groups is 1. The third-order valence-corrected chi connectivity index (χ3v) is 10.2. The molecule has 7 nitrogen and oxygen atoms in total. The van der Waals surface area contributed by atoms with Crippen LogP contribution in [0.15, 0.2) is 47.6 Å². The standard InChI is InChI=1S/C25H23ClF3N3O4S/c1-32-7-6-30-24(32)25(34)14-3-4-15(25)10-17(9-14)37(35,36)21-8-13(2-5-18(21)26)23(33)31-16-11-19(27)22(29)20(28)12-16/h2,5-8,11-12,14-15,17,34H,3-4,9-10H2,1H3,(H,31,33)/t14?,15?,17-,25-. The first-order valence-corrected chi connectivity index (χ1v) is 13.5. The van der Waals surface area contributed by atoms with Gasteiger partial charge in [0.2, 0.25) is 0 Å². The molecule has 196 valence electrons. The molecule has 2 aliphatic carbocycles. The van der Waals surface area contributed by atoms with Gasteiger partial charge in [-0.05, 0) is 55.7 Å². The Labute approximate surface area is 216 Å². The molecule has 0 spiro atoms. The summed E-state index contributed by atoms with van der Waals surface area (Å²) in [6, 6.07) is 4.88. The Morgan fingerprint density at radius 3 is 2.32 bits per heavy atom. The van der Waals surface area contributed by atoms with Crippen LogP contribution in [0.3, 0.4) is 0 Å². The molecule has 1 amide bonds. The van der Waals surface area contributed by atoms with Gasteiger partial charge in [-0.2, -0.15) is 0 Å². The van der Waals surface area contributed by atoms with Crippen LogP contribution in [0.1, 0.15) is 41.9 Å². The summed E-state index contributed by atoms with van der Waals surface area (Å²) < 4.78 is 69.4. The second-order valence-electron chi connectivity index (χ2n) is 9.65. The second-order valence-corrected chi connectivity index (χ2v) is 12.3. The number of fused-ring (bicyclic) bond motifs is 2. The van der Waals surface area contributed by atoms with Crippen molar-refractivity contribution in [1.29, 1.82) is 0 Å². The number of amides is 1. The van der Waals surface area contributed by atoms with Crippen LogP contribution in [0.25, 0.3) is 0 Å². The van der Waals surface area contributed by atoms with E-state index in [1.807, 2.05) is 0 Å². The zero-order valence-corrected chi connectivity index (χ0v) is 21.2. The molecule has 5 rings (SSSR count). The van der Waals surface area contributed by atoms with E-state index in [1.54, 1.807) is 24.0 Å². The Kier molecular flexibility index (Phi) is 6.36. The number of anilines is 1. The van der Waals surface area contributed by atoms with Crippen molar-refractivity contribution < 1.29 is 31.5 Å². The van der Waals surface area contributed by atoms with E-state index in [0.29, 0.717) is 30.8 Å². The van der Waals surface area contributed by atoms with E-state index in [-0.39, 0.29) is 45.8 Å². The average Bonchev–Trinajstić information content (AvgIpc) is 3.31. The van der Waals surface area contributed by atoms with Crippen LogP contribution in [-0.4, -0.2) is 34.2 Å². The topological polar surface area (TPSA) is 101 Å². The molecule has 0 saturated heterocycles. The highest BCUT2D eigenvalue weighted by Gasteiger charge is 2.58. The molecule has 0 radical (unpaired) electrons. The number of rotatable bonds is 5. The third kappa shape index (κ3) is 4.22. The number of aryl methyl sites for hydroxylation is 1. The molecule has 3 aromatic rings. The van der Waals surface area contributed by atoms with Crippen molar-refractivity contribution in [1.82, 2.24) is 9.55 Å². The first-order chi connectivity index (χ1) is 17.4. The van der Waals surface area contributed by atoms with Crippen LogP contribution in [-0.2, 0) is 22.5 Å². The van der Waals surface area contributed by atoms with Crippen LogP contribution in [0.5, 0.6) is 0 Å². The minimum atomic E-state index is -4.02. The fraction of sp³-hybridized carbons (Fsp3) is 0.360. The highest BCUT2D eigenvalue weighted by atomic mass is 35.5. The van der Waals surface area contributed by atoms with Crippen molar-refractivity contribution in [3.05, 3.63) is 76.6 Å². The average molecular weight is 554 g/mol. The fourth-order valence-electron chi connectivity index (χ4n) is 5.74. The number of imidazole rings is 1. The Hall–Kier alpha value is -2.89. The summed E-state index contributed by atoms with van der Waals surface area (Å²) in [4.78, 5) is 16.8. The number of aromatic nitrogens is 2. The molecular formula is C25H23ClF3N3O4S. The highest BCUT2D eigenvalue weighted by Crippen LogP contribution is 2.56. The van der Waals surface area contributed by atoms with Gasteiger partial charge in [-0.25, -0.2) is 26.6 Å². The normalized spacial score (nSPS) is 25.3. The molecule has 2 aromatic carbocycles. The molecule has 2 unspecified atom stereocenters. The van der Waals surface area contributed by atoms with Gasteiger partial charge < -0.3 is 15.0 Å². The molecule has 2 N–H and O–H groups in total. The SMILES string of the molecule is Cn1ccnc1[C@]1(O)C2CCC1C[C@@H](S(=O)(=O)c1cc(C(=O)Nc3cc(F)c(F)c(F)c3)ccc1Cl)C2. The molecule has 1 aromatic heterocycles. The van der Waals surface area contributed by atoms with E-state index in [9.17, 15) is 31.5 Å². The predicted molar refractivity (Wildman–Crippen MR) is 129 cm³/mol. The first kappa shape index (κ1) is 25.7. The maximum absolute atomic E-state index is 13.7. The summed E-state index contributed by atoms with van der Waals surface area (Å²) in [7, 11) is -2.23. The summed E-state index contributed by atoms with van der Waals surface area (Å²) in [5.74, 6) is -5.61. The molecule has 2 aliphatic rings. The number of hydrogen-bond donors (Lipinski definition) is 2. The van der Waals surface area contributed by atoms with Crippen molar-refractivity contribution in [2.75, 3.05) is 5.32 Å². The summed E-state index contributed by atoms with van der Waals surface area (Å²) in [6.07, 6.45) is 5.04. The third-order valence-electron chi connectivity index (χ3n) is 7.56. The maximum atomic E-state index is 13.7. The molecule has 2 fully saturated rings. The number of nitrogens with zero attached hydrogens (tertiary/aromatic N) is 2. The lowest BCUT2D eigenvalue weighted by Crippen LogP contribution is -2.47. The molecule has 0 aliphatic heterocycles. The molecule has 2 saturated carbocycles. The summed E-state index contributed by atoms with van der Waals surface area (Å²) in [6.45, 7) is 0. The van der Waals surface area contributed by atoms with Crippen molar-refractivity contribution in [2.24, 2.45) is 18.9 Å². The molecule has 1 heterocycles. The number of hydrogen-bond acceptors (Lipinski definition) is 5. The lowest BCUT2D eigenvalue weighted by Gasteiger charge is -2.41. The van der Waals surface area contributed by atoms with E-state index < -0.39 is 44.0 Å². The van der Waals surface area contributed by atoms with E-state index in [0.717, 1.165) is 6.07 Å². The van der Waals surface area contributed by atoms with Gasteiger partial charge in [0.05, 0.1) is 15.2 Å². The summed E-state index contributed by atoms with van der Waals surface area (Å²) in [5.41, 5.74) is -1.68. The van der Waals surface area contributed by atoms with Crippen LogP contribution in [0.2, 0.25) is 5.02 Å². The molecular weight excluding hydrogens is 531 g/mol. The smallest absolute Gasteiger partial charge is 0.255 e. The van der Waals surface area contributed by atoms with Crippen molar-refractivity contribution in [3.63, 3.8) is 0 Å². The van der Waals surface area contributed by atoms with Crippen LogP contribution >= 0.6 is 11.6 Å². The van der Waals surface area contributed by atoms with Crippen LogP contribution in [0, 0.1) is 29.3 Å². The van der Waals surface area contributed by atoms with Gasteiger partial charge in [0.25, 0.3) is 5.91 Å². The predicted octanol–water partition coefficient (Wildman–Crippen LogP) is 4.59. The van der Waals surface area contributed by atoms with Gasteiger partial charge in [-0.3, -0.25) is 4.79 Å². The Balaban J connectivity index is 1.41. The molecule has 2 atom stereocenters. The number of benzene rings is 2. The number of carbonyl (C=O) groups excluding carboxylic acids is 1.